The van der Waals surface area contributed by atoms with Crippen LogP contribution in [0.5, 0.6) is 0 Å². The molecule has 58 valence electrons. The van der Waals surface area contributed by atoms with Gasteiger partial charge in [-0.2, -0.15) is 0 Å². The van der Waals surface area contributed by atoms with Crippen LogP contribution in [-0.4, -0.2) is 23.8 Å². The van der Waals surface area contributed by atoms with Crippen LogP contribution in [0, 0.1) is 5.41 Å². The van der Waals surface area contributed by atoms with E-state index in [0.29, 0.717) is 6.42 Å². The third kappa shape index (κ3) is 1.70. The minimum Gasteiger partial charge on any atom is -0.481 e. The second kappa shape index (κ2) is 2.23. The molecule has 1 N–H and O–H groups in total. The van der Waals surface area contributed by atoms with Gasteiger partial charge in [0.1, 0.15) is 0 Å². The molecule has 0 aromatic rings. The number of aliphatic carboxylic acids is 1. The third-order valence-corrected chi connectivity index (χ3v) is 1.72. The first-order valence-electron chi connectivity index (χ1n) is 3.37. The van der Waals surface area contributed by atoms with E-state index >= 15 is 0 Å². The third-order valence-electron chi connectivity index (χ3n) is 1.72. The largest absolute Gasteiger partial charge is 0.481 e. The van der Waals surface area contributed by atoms with Crippen LogP contribution in [0.15, 0.2) is 0 Å². The lowest BCUT2D eigenvalue weighted by Gasteiger charge is -2.16. The fourth-order valence-electron chi connectivity index (χ4n) is 0.842. The standard InChI is InChI=1S/C7H12O3/c1-7(2,6(8)9)3-5-4-10-5/h5H,3-4H2,1-2H3,(H,8,9). The molecular formula is C7H12O3. The summed E-state index contributed by atoms with van der Waals surface area (Å²) in [5.74, 6) is -0.747. The summed E-state index contributed by atoms with van der Waals surface area (Å²) in [7, 11) is 0. The molecule has 1 saturated heterocycles. The molecule has 3 nitrogen and oxygen atoms in total. The van der Waals surface area contributed by atoms with Crippen LogP contribution < -0.4 is 0 Å². The minimum absolute atomic E-state index is 0.200. The molecule has 1 aliphatic rings. The molecule has 1 aliphatic heterocycles. The maximum atomic E-state index is 10.5. The summed E-state index contributed by atoms with van der Waals surface area (Å²) >= 11 is 0. The average molecular weight is 144 g/mol. The highest BCUT2D eigenvalue weighted by Gasteiger charge is 2.36. The van der Waals surface area contributed by atoms with E-state index in [4.69, 9.17) is 9.84 Å². The van der Waals surface area contributed by atoms with Crippen molar-refractivity contribution in [3.63, 3.8) is 0 Å². The van der Waals surface area contributed by atoms with Crippen LogP contribution in [0.2, 0.25) is 0 Å². The molecule has 1 atom stereocenters. The maximum Gasteiger partial charge on any atom is 0.309 e. The first-order chi connectivity index (χ1) is 4.52. The van der Waals surface area contributed by atoms with Crippen molar-refractivity contribution in [3.8, 4) is 0 Å². The van der Waals surface area contributed by atoms with Gasteiger partial charge >= 0.3 is 5.97 Å². The van der Waals surface area contributed by atoms with Crippen LogP contribution in [0.4, 0.5) is 0 Å². The van der Waals surface area contributed by atoms with Crippen molar-refractivity contribution in [2.24, 2.45) is 5.41 Å². The smallest absolute Gasteiger partial charge is 0.309 e. The molecule has 0 radical (unpaired) electrons. The molecule has 0 aromatic carbocycles. The van der Waals surface area contributed by atoms with Gasteiger partial charge in [-0.15, -0.1) is 0 Å². The first-order valence-corrected chi connectivity index (χ1v) is 3.37. The van der Waals surface area contributed by atoms with Gasteiger partial charge in [-0.3, -0.25) is 4.79 Å². The van der Waals surface area contributed by atoms with Crippen molar-refractivity contribution >= 4 is 5.97 Å². The number of epoxide rings is 1. The Morgan fingerprint density at radius 3 is 2.60 bits per heavy atom. The van der Waals surface area contributed by atoms with Gasteiger partial charge in [-0.1, -0.05) is 0 Å². The Hall–Kier alpha value is -0.570. The maximum absolute atomic E-state index is 10.5. The number of rotatable bonds is 3. The number of ether oxygens (including phenoxy) is 1. The van der Waals surface area contributed by atoms with E-state index in [-0.39, 0.29) is 6.10 Å². The molecule has 1 heterocycles. The summed E-state index contributed by atoms with van der Waals surface area (Å²) in [6.07, 6.45) is 0.827. The lowest BCUT2D eigenvalue weighted by atomic mass is 9.88. The summed E-state index contributed by atoms with van der Waals surface area (Å²) in [5, 5.41) is 8.66. The number of carboxylic acid groups (broad SMARTS) is 1. The van der Waals surface area contributed by atoms with E-state index < -0.39 is 11.4 Å². The number of carbonyl (C=O) groups is 1. The Kier molecular flexibility index (Phi) is 1.68. The second-order valence-corrected chi connectivity index (χ2v) is 3.35. The topological polar surface area (TPSA) is 49.8 Å². The first kappa shape index (κ1) is 7.54. The highest BCUT2D eigenvalue weighted by atomic mass is 16.6. The van der Waals surface area contributed by atoms with Gasteiger partial charge in [-0.25, -0.2) is 0 Å². The molecule has 0 saturated carbocycles. The van der Waals surface area contributed by atoms with Crippen molar-refractivity contribution in [1.29, 1.82) is 0 Å². The molecule has 1 rings (SSSR count). The van der Waals surface area contributed by atoms with E-state index in [1.165, 1.54) is 0 Å². The Bertz CT molecular complexity index is 147. The van der Waals surface area contributed by atoms with E-state index in [0.717, 1.165) is 6.61 Å². The summed E-state index contributed by atoms with van der Waals surface area (Å²) in [5.41, 5.74) is -0.624. The number of hydrogen-bond acceptors (Lipinski definition) is 2. The quantitative estimate of drug-likeness (QED) is 0.598. The van der Waals surface area contributed by atoms with E-state index in [9.17, 15) is 4.79 Å². The summed E-state index contributed by atoms with van der Waals surface area (Å²) < 4.78 is 4.93. The molecule has 0 amide bonds. The van der Waals surface area contributed by atoms with Gasteiger partial charge < -0.3 is 9.84 Å². The van der Waals surface area contributed by atoms with Crippen LogP contribution >= 0.6 is 0 Å². The van der Waals surface area contributed by atoms with Crippen LogP contribution in [0.3, 0.4) is 0 Å². The Balaban J connectivity index is 2.40. The van der Waals surface area contributed by atoms with Crippen molar-refractivity contribution in [2.75, 3.05) is 6.61 Å². The highest BCUT2D eigenvalue weighted by Crippen LogP contribution is 2.28. The van der Waals surface area contributed by atoms with Crippen molar-refractivity contribution < 1.29 is 14.6 Å². The predicted molar refractivity (Wildman–Crippen MR) is 35.8 cm³/mol. The lowest BCUT2D eigenvalue weighted by molar-refractivity contribution is -0.147. The predicted octanol–water partition coefficient (Wildman–Crippen LogP) is 0.886. The Morgan fingerprint density at radius 2 is 2.30 bits per heavy atom. The second-order valence-electron chi connectivity index (χ2n) is 3.35. The Morgan fingerprint density at radius 1 is 1.80 bits per heavy atom. The SMILES string of the molecule is CC(C)(CC1CO1)C(=O)O. The molecular weight excluding hydrogens is 132 g/mol. The van der Waals surface area contributed by atoms with Crippen LogP contribution in [-0.2, 0) is 9.53 Å². The molecule has 10 heavy (non-hydrogen) atoms. The van der Waals surface area contributed by atoms with Crippen LogP contribution in [0.1, 0.15) is 20.3 Å². The minimum atomic E-state index is -0.747. The van der Waals surface area contributed by atoms with Crippen molar-refractivity contribution in [3.05, 3.63) is 0 Å². The van der Waals surface area contributed by atoms with Gasteiger partial charge in [0.2, 0.25) is 0 Å². The summed E-state index contributed by atoms with van der Waals surface area (Å²) in [6.45, 7) is 4.17. The monoisotopic (exact) mass is 144 g/mol. The zero-order chi connectivity index (χ0) is 7.78. The van der Waals surface area contributed by atoms with E-state index in [1.54, 1.807) is 13.8 Å². The lowest BCUT2D eigenvalue weighted by Crippen LogP contribution is -2.25. The molecule has 3 heteroatoms. The van der Waals surface area contributed by atoms with Gasteiger partial charge in [0.25, 0.3) is 0 Å². The normalized spacial score (nSPS) is 24.4. The van der Waals surface area contributed by atoms with Crippen molar-refractivity contribution in [1.82, 2.24) is 0 Å². The van der Waals surface area contributed by atoms with Gasteiger partial charge in [-0.05, 0) is 20.3 Å². The molecule has 0 spiro atoms. The fraction of sp³-hybridized carbons (Fsp3) is 0.857. The van der Waals surface area contributed by atoms with Gasteiger partial charge in [0, 0.05) is 0 Å². The summed E-state index contributed by atoms with van der Waals surface area (Å²) in [4.78, 5) is 10.5. The van der Waals surface area contributed by atoms with Crippen LogP contribution in [0.25, 0.3) is 0 Å². The van der Waals surface area contributed by atoms with Gasteiger partial charge in [0.05, 0.1) is 18.1 Å². The molecule has 0 bridgehead atoms. The summed E-state index contributed by atoms with van der Waals surface area (Å²) in [6, 6.07) is 0. The molecule has 0 aromatic heterocycles. The Labute approximate surface area is 60.0 Å². The van der Waals surface area contributed by atoms with Gasteiger partial charge in [0.15, 0.2) is 0 Å². The number of hydrogen-bond donors (Lipinski definition) is 1. The molecule has 1 fully saturated rings. The zero-order valence-electron chi connectivity index (χ0n) is 6.26. The molecule has 0 aliphatic carbocycles. The van der Waals surface area contributed by atoms with E-state index in [1.807, 2.05) is 0 Å². The highest BCUT2D eigenvalue weighted by molar-refractivity contribution is 5.73. The zero-order valence-corrected chi connectivity index (χ0v) is 6.26. The number of carboxylic acids is 1. The van der Waals surface area contributed by atoms with E-state index in [2.05, 4.69) is 0 Å². The fourth-order valence-corrected chi connectivity index (χ4v) is 0.842. The molecule has 1 unspecified atom stereocenters. The average Bonchev–Trinajstić information content (AvgIpc) is 2.48. The van der Waals surface area contributed by atoms with Crippen molar-refractivity contribution in [2.45, 2.75) is 26.4 Å².